The van der Waals surface area contributed by atoms with Crippen molar-refractivity contribution in [1.82, 2.24) is 0 Å². The molecule has 0 aliphatic carbocycles. The normalized spacial score (nSPS) is 16.4. The van der Waals surface area contributed by atoms with Crippen LogP contribution in [0, 0.1) is 10.8 Å². The molecule has 0 aromatic heterocycles. The fraction of sp³-hybridized carbons (Fsp3) is 0.923. The summed E-state index contributed by atoms with van der Waals surface area (Å²) in [6, 6.07) is 0. The zero-order chi connectivity index (χ0) is 13.0. The molecule has 16 heavy (non-hydrogen) atoms. The van der Waals surface area contributed by atoms with Crippen LogP contribution in [0.4, 0.5) is 0 Å². The zero-order valence-corrected chi connectivity index (χ0v) is 12.9. The van der Waals surface area contributed by atoms with Gasteiger partial charge in [0.05, 0.1) is 10.7 Å². The van der Waals surface area contributed by atoms with Gasteiger partial charge in [0.2, 0.25) is 0 Å². The van der Waals surface area contributed by atoms with E-state index in [1.807, 2.05) is 6.92 Å². The molecule has 3 heteroatoms. The number of halogens is 1. The molecular formula is C13H24ClNS. The topological polar surface area (TPSA) is 12.4 Å². The molecule has 0 bridgehead atoms. The zero-order valence-electron chi connectivity index (χ0n) is 11.4. The summed E-state index contributed by atoms with van der Waals surface area (Å²) in [5.74, 6) is 0.490. The average Bonchev–Trinajstić information content (AvgIpc) is 1.98. The lowest BCUT2D eigenvalue weighted by Gasteiger charge is -2.37. The molecule has 0 radical (unpaired) electrons. The molecule has 0 saturated heterocycles. The summed E-state index contributed by atoms with van der Waals surface area (Å²) in [5, 5.41) is 2.47. The van der Waals surface area contributed by atoms with Crippen LogP contribution in [0.25, 0.3) is 0 Å². The second-order valence-corrected chi connectivity index (χ2v) is 7.36. The predicted octanol–water partition coefficient (Wildman–Crippen LogP) is 4.94. The fourth-order valence-electron chi connectivity index (χ4n) is 2.76. The third kappa shape index (κ3) is 6.62. The van der Waals surface area contributed by atoms with Gasteiger partial charge in [-0.15, -0.1) is 11.6 Å². The van der Waals surface area contributed by atoms with Crippen LogP contribution in [0.2, 0.25) is 0 Å². The van der Waals surface area contributed by atoms with E-state index in [1.54, 1.807) is 0 Å². The molecule has 0 N–H and O–H groups in total. The van der Waals surface area contributed by atoms with Crippen molar-refractivity contribution >= 4 is 29.0 Å². The molecule has 0 fully saturated rings. The highest BCUT2D eigenvalue weighted by atomic mass is 35.5. The minimum atomic E-state index is -0.280. The largest absolute Gasteiger partial charge is 0.225 e. The van der Waals surface area contributed by atoms with E-state index in [9.17, 15) is 0 Å². The Bertz CT molecular complexity index is 274. The van der Waals surface area contributed by atoms with Crippen molar-refractivity contribution in [3.63, 3.8) is 0 Å². The molecule has 0 aliphatic heterocycles. The molecule has 1 nitrogen and oxygen atoms in total. The Balaban J connectivity index is 4.73. The van der Waals surface area contributed by atoms with Crippen LogP contribution < -0.4 is 0 Å². The van der Waals surface area contributed by atoms with E-state index in [2.05, 4.69) is 57.0 Å². The fourth-order valence-corrected chi connectivity index (χ4v) is 3.13. The summed E-state index contributed by atoms with van der Waals surface area (Å²) in [6.07, 6.45) is 2.07. The van der Waals surface area contributed by atoms with Crippen molar-refractivity contribution in [3.05, 3.63) is 0 Å². The number of hydrogen-bond acceptors (Lipinski definition) is 2. The second-order valence-electron chi connectivity index (χ2n) is 6.91. The summed E-state index contributed by atoms with van der Waals surface area (Å²) in [5.41, 5.74) is 0.244. The van der Waals surface area contributed by atoms with E-state index in [0.29, 0.717) is 11.3 Å². The van der Waals surface area contributed by atoms with Gasteiger partial charge in [0.1, 0.15) is 0 Å². The predicted molar refractivity (Wildman–Crippen MR) is 76.6 cm³/mol. The van der Waals surface area contributed by atoms with Gasteiger partial charge >= 0.3 is 0 Å². The summed E-state index contributed by atoms with van der Waals surface area (Å²) in [7, 11) is 0. The highest BCUT2D eigenvalue weighted by molar-refractivity contribution is 7.78. The quantitative estimate of drug-likeness (QED) is 0.388. The Morgan fingerprint density at radius 2 is 1.56 bits per heavy atom. The first kappa shape index (κ1) is 16.1. The molecule has 0 amide bonds. The number of isothiocyanates is 1. The molecule has 0 rings (SSSR count). The standard InChI is InChI=1S/C13H24ClNS/c1-11(2,3)7-12(4,5)8-13(6,9-14)15-10-16/h7-9H2,1-6H3. The molecule has 0 heterocycles. The molecule has 0 saturated carbocycles. The third-order valence-corrected chi connectivity index (χ3v) is 3.14. The highest BCUT2D eigenvalue weighted by Gasteiger charge is 2.34. The van der Waals surface area contributed by atoms with E-state index in [0.717, 1.165) is 12.8 Å². The Morgan fingerprint density at radius 1 is 1.06 bits per heavy atom. The number of aliphatic imine (C=N–C) groups is 1. The van der Waals surface area contributed by atoms with Gasteiger partial charge in [-0.05, 0) is 42.8 Å². The van der Waals surface area contributed by atoms with Gasteiger partial charge in [-0.2, -0.15) is 0 Å². The number of alkyl halides is 1. The molecule has 1 unspecified atom stereocenters. The summed E-state index contributed by atoms with van der Waals surface area (Å²) in [6.45, 7) is 13.4. The van der Waals surface area contributed by atoms with E-state index in [1.165, 1.54) is 0 Å². The molecule has 0 aromatic rings. The van der Waals surface area contributed by atoms with Crippen LogP contribution in [0.5, 0.6) is 0 Å². The molecule has 94 valence electrons. The summed E-state index contributed by atoms with van der Waals surface area (Å²) in [4.78, 5) is 4.22. The molecular weight excluding hydrogens is 238 g/mol. The maximum atomic E-state index is 5.98. The number of hydrogen-bond donors (Lipinski definition) is 0. The number of nitrogens with zero attached hydrogens (tertiary/aromatic N) is 1. The molecule has 0 aliphatic rings. The van der Waals surface area contributed by atoms with Gasteiger partial charge in [-0.1, -0.05) is 34.6 Å². The van der Waals surface area contributed by atoms with Crippen molar-refractivity contribution in [1.29, 1.82) is 0 Å². The highest BCUT2D eigenvalue weighted by Crippen LogP contribution is 2.40. The van der Waals surface area contributed by atoms with Crippen LogP contribution in [0.3, 0.4) is 0 Å². The van der Waals surface area contributed by atoms with Crippen LogP contribution in [0.1, 0.15) is 54.4 Å². The summed E-state index contributed by atoms with van der Waals surface area (Å²) >= 11 is 10.7. The Morgan fingerprint density at radius 3 is 1.88 bits per heavy atom. The van der Waals surface area contributed by atoms with Crippen LogP contribution in [0.15, 0.2) is 4.99 Å². The first-order valence-electron chi connectivity index (χ1n) is 5.69. The van der Waals surface area contributed by atoms with Crippen molar-refractivity contribution in [2.75, 3.05) is 5.88 Å². The van der Waals surface area contributed by atoms with Crippen LogP contribution in [-0.4, -0.2) is 16.6 Å². The van der Waals surface area contributed by atoms with E-state index in [-0.39, 0.29) is 11.0 Å². The number of thiocarbonyl (C=S) groups is 1. The van der Waals surface area contributed by atoms with Gasteiger partial charge in [-0.25, -0.2) is 4.99 Å². The van der Waals surface area contributed by atoms with E-state index >= 15 is 0 Å². The summed E-state index contributed by atoms with van der Waals surface area (Å²) < 4.78 is 0. The first-order valence-corrected chi connectivity index (χ1v) is 6.63. The Hall–Kier alpha value is 0.0900. The smallest absolute Gasteiger partial charge is 0.0822 e. The van der Waals surface area contributed by atoms with Crippen molar-refractivity contribution in [2.45, 2.75) is 59.9 Å². The lowest BCUT2D eigenvalue weighted by atomic mass is 9.70. The van der Waals surface area contributed by atoms with Gasteiger partial charge in [0, 0.05) is 5.88 Å². The monoisotopic (exact) mass is 261 g/mol. The van der Waals surface area contributed by atoms with Gasteiger partial charge in [-0.3, -0.25) is 0 Å². The number of rotatable bonds is 5. The van der Waals surface area contributed by atoms with Crippen LogP contribution in [-0.2, 0) is 0 Å². The second kappa shape index (κ2) is 5.62. The first-order chi connectivity index (χ1) is 7.04. The van der Waals surface area contributed by atoms with Gasteiger partial charge in [0.25, 0.3) is 0 Å². The SMILES string of the molecule is CC(C)(C)CC(C)(C)CC(C)(CCl)N=C=S. The Kier molecular flexibility index (Phi) is 5.65. The molecule has 0 spiro atoms. The maximum Gasteiger partial charge on any atom is 0.0822 e. The van der Waals surface area contributed by atoms with Crippen LogP contribution >= 0.6 is 23.8 Å². The third-order valence-electron chi connectivity index (χ3n) is 2.47. The van der Waals surface area contributed by atoms with Crippen molar-refractivity contribution in [2.24, 2.45) is 15.8 Å². The molecule has 0 aromatic carbocycles. The Labute approximate surface area is 111 Å². The van der Waals surface area contributed by atoms with E-state index in [4.69, 9.17) is 11.6 Å². The van der Waals surface area contributed by atoms with Crippen molar-refractivity contribution in [3.8, 4) is 0 Å². The minimum absolute atomic E-state index is 0.206. The lowest BCUT2D eigenvalue weighted by Crippen LogP contribution is -2.33. The minimum Gasteiger partial charge on any atom is -0.225 e. The van der Waals surface area contributed by atoms with Gasteiger partial charge in [0.15, 0.2) is 0 Å². The maximum absolute atomic E-state index is 5.98. The average molecular weight is 262 g/mol. The van der Waals surface area contributed by atoms with Gasteiger partial charge < -0.3 is 0 Å². The van der Waals surface area contributed by atoms with Crippen molar-refractivity contribution < 1.29 is 0 Å². The lowest BCUT2D eigenvalue weighted by molar-refractivity contribution is 0.169. The molecule has 1 atom stereocenters. The van der Waals surface area contributed by atoms with E-state index < -0.39 is 0 Å².